The molecule has 5 heteroatoms. The highest BCUT2D eigenvalue weighted by atomic mass is 32.1. The van der Waals surface area contributed by atoms with E-state index < -0.39 is 0 Å². The Morgan fingerprint density at radius 1 is 1.61 bits per heavy atom. The van der Waals surface area contributed by atoms with Gasteiger partial charge in [-0.25, -0.2) is 4.98 Å². The summed E-state index contributed by atoms with van der Waals surface area (Å²) in [5.41, 5.74) is 2.64. The Morgan fingerprint density at radius 3 is 3.11 bits per heavy atom. The maximum atomic E-state index is 12.6. The largest absolute Gasteiger partial charge is 0.334 e. The van der Waals surface area contributed by atoms with Crippen molar-refractivity contribution in [3.05, 3.63) is 16.1 Å². The molecule has 3 unspecified atom stereocenters. The summed E-state index contributed by atoms with van der Waals surface area (Å²) in [5.74, 6) is 1.48. The van der Waals surface area contributed by atoms with Gasteiger partial charge in [0, 0.05) is 25.7 Å². The number of aryl methyl sites for hydroxylation is 1. The third kappa shape index (κ3) is 1.77. The number of rotatable bonds is 2. The van der Waals surface area contributed by atoms with Crippen LogP contribution in [0.5, 0.6) is 0 Å². The number of aromatic nitrogens is 1. The molecule has 3 heterocycles. The molecule has 18 heavy (non-hydrogen) atoms. The van der Waals surface area contributed by atoms with Crippen molar-refractivity contribution in [3.63, 3.8) is 0 Å². The van der Waals surface area contributed by atoms with Crippen LogP contribution >= 0.6 is 11.3 Å². The Hall–Kier alpha value is -0.940. The lowest BCUT2D eigenvalue weighted by Crippen LogP contribution is -2.39. The van der Waals surface area contributed by atoms with Crippen LogP contribution in [-0.2, 0) is 0 Å². The van der Waals surface area contributed by atoms with Crippen LogP contribution in [0.1, 0.15) is 28.7 Å². The van der Waals surface area contributed by atoms with Crippen molar-refractivity contribution >= 4 is 17.2 Å². The highest BCUT2D eigenvalue weighted by molar-refractivity contribution is 7.11. The van der Waals surface area contributed by atoms with E-state index in [1.165, 1.54) is 11.3 Å². The maximum Gasteiger partial charge on any atom is 0.266 e. The molecule has 0 radical (unpaired) electrons. The molecule has 1 amide bonds. The molecule has 98 valence electrons. The average Bonchev–Trinajstić information content (AvgIpc) is 3.01. The van der Waals surface area contributed by atoms with Crippen molar-refractivity contribution in [2.24, 2.45) is 11.8 Å². The van der Waals surface area contributed by atoms with Crippen molar-refractivity contribution in [2.45, 2.75) is 26.3 Å². The fraction of sp³-hybridized carbons (Fsp3) is 0.692. The van der Waals surface area contributed by atoms with Gasteiger partial charge in [-0.1, -0.05) is 6.92 Å². The lowest BCUT2D eigenvalue weighted by molar-refractivity contribution is 0.0715. The van der Waals surface area contributed by atoms with Gasteiger partial charge in [-0.15, -0.1) is 11.3 Å². The van der Waals surface area contributed by atoms with Gasteiger partial charge in [0.05, 0.1) is 11.2 Å². The van der Waals surface area contributed by atoms with Crippen LogP contribution in [0.2, 0.25) is 0 Å². The Labute approximate surface area is 111 Å². The minimum absolute atomic E-state index is 0.191. The lowest BCUT2D eigenvalue weighted by Gasteiger charge is -2.26. The third-order valence-electron chi connectivity index (χ3n) is 4.34. The molecule has 3 rings (SSSR count). The molecular weight excluding hydrogens is 246 g/mol. The van der Waals surface area contributed by atoms with Gasteiger partial charge in [0.25, 0.3) is 5.91 Å². The summed E-state index contributed by atoms with van der Waals surface area (Å²) in [7, 11) is 0. The zero-order valence-corrected chi connectivity index (χ0v) is 11.7. The molecule has 0 bridgehead atoms. The van der Waals surface area contributed by atoms with Gasteiger partial charge in [0.1, 0.15) is 4.88 Å². The van der Waals surface area contributed by atoms with E-state index in [0.717, 1.165) is 36.6 Å². The number of likely N-dealkylation sites (tertiary alicyclic amines) is 1. The molecule has 2 fully saturated rings. The van der Waals surface area contributed by atoms with Crippen LogP contribution in [0.25, 0.3) is 0 Å². The van der Waals surface area contributed by atoms with Crippen molar-refractivity contribution in [1.29, 1.82) is 0 Å². The smallest absolute Gasteiger partial charge is 0.266 e. The summed E-state index contributed by atoms with van der Waals surface area (Å²) in [6.45, 7) is 7.14. The highest BCUT2D eigenvalue weighted by Gasteiger charge is 2.45. The van der Waals surface area contributed by atoms with E-state index in [0.29, 0.717) is 17.9 Å². The molecule has 0 aromatic carbocycles. The number of hydrogen-bond acceptors (Lipinski definition) is 4. The molecule has 0 aliphatic carbocycles. The Kier molecular flexibility index (Phi) is 3.11. The molecule has 1 aromatic heterocycles. The lowest BCUT2D eigenvalue weighted by atomic mass is 9.93. The van der Waals surface area contributed by atoms with E-state index in [-0.39, 0.29) is 5.91 Å². The van der Waals surface area contributed by atoms with E-state index in [9.17, 15) is 4.79 Å². The van der Waals surface area contributed by atoms with Crippen molar-refractivity contribution in [2.75, 3.05) is 19.6 Å². The predicted octanol–water partition coefficient (Wildman–Crippen LogP) is 1.52. The number of hydrogen-bond donors (Lipinski definition) is 1. The number of nitrogens with one attached hydrogen (secondary N) is 1. The van der Waals surface area contributed by atoms with Gasteiger partial charge in [0.15, 0.2) is 0 Å². The number of thiazole rings is 1. The van der Waals surface area contributed by atoms with E-state index in [1.807, 2.05) is 6.92 Å². The van der Waals surface area contributed by atoms with Gasteiger partial charge in [-0.2, -0.15) is 0 Å². The van der Waals surface area contributed by atoms with Gasteiger partial charge in [0.2, 0.25) is 0 Å². The maximum absolute atomic E-state index is 12.6. The van der Waals surface area contributed by atoms with E-state index in [1.54, 1.807) is 5.51 Å². The summed E-state index contributed by atoms with van der Waals surface area (Å²) in [5, 5.41) is 3.45. The summed E-state index contributed by atoms with van der Waals surface area (Å²) in [6, 6.07) is 0.402. The first-order chi connectivity index (χ1) is 8.72. The number of amides is 1. The van der Waals surface area contributed by atoms with Gasteiger partial charge < -0.3 is 10.2 Å². The van der Waals surface area contributed by atoms with Gasteiger partial charge in [-0.05, 0) is 25.2 Å². The highest BCUT2D eigenvalue weighted by Crippen LogP contribution is 2.35. The van der Waals surface area contributed by atoms with Gasteiger partial charge >= 0.3 is 0 Å². The first-order valence-corrected chi connectivity index (χ1v) is 7.52. The van der Waals surface area contributed by atoms with Crippen LogP contribution in [-0.4, -0.2) is 41.5 Å². The van der Waals surface area contributed by atoms with Gasteiger partial charge in [-0.3, -0.25) is 4.79 Å². The number of fused-ring (bicyclic) bond motifs is 1. The molecule has 4 nitrogen and oxygen atoms in total. The summed E-state index contributed by atoms with van der Waals surface area (Å²) in [6.07, 6.45) is 1.05. The van der Waals surface area contributed by atoms with Crippen molar-refractivity contribution in [1.82, 2.24) is 15.2 Å². The Bertz CT molecular complexity index is 459. The van der Waals surface area contributed by atoms with E-state index in [2.05, 4.69) is 22.1 Å². The minimum Gasteiger partial charge on any atom is -0.334 e. The summed E-state index contributed by atoms with van der Waals surface area (Å²) < 4.78 is 0. The molecule has 0 saturated carbocycles. The van der Waals surface area contributed by atoms with Crippen LogP contribution in [0.3, 0.4) is 0 Å². The zero-order chi connectivity index (χ0) is 12.7. The van der Waals surface area contributed by atoms with Crippen LogP contribution in [0.15, 0.2) is 5.51 Å². The molecule has 2 aliphatic rings. The van der Waals surface area contributed by atoms with E-state index in [4.69, 9.17) is 0 Å². The van der Waals surface area contributed by atoms with Crippen molar-refractivity contribution in [3.8, 4) is 0 Å². The van der Waals surface area contributed by atoms with Crippen LogP contribution in [0.4, 0.5) is 0 Å². The second-order valence-electron chi connectivity index (χ2n) is 5.28. The number of nitrogens with zero attached hydrogens (tertiary/aromatic N) is 2. The predicted molar refractivity (Wildman–Crippen MR) is 71.8 cm³/mol. The minimum atomic E-state index is 0.191. The average molecular weight is 265 g/mol. The third-order valence-corrected chi connectivity index (χ3v) is 5.25. The monoisotopic (exact) mass is 265 g/mol. The normalized spacial score (nSPS) is 30.8. The van der Waals surface area contributed by atoms with E-state index >= 15 is 0 Å². The molecule has 1 aromatic rings. The topological polar surface area (TPSA) is 45.2 Å². The molecule has 0 spiro atoms. The van der Waals surface area contributed by atoms with Crippen molar-refractivity contribution < 1.29 is 4.79 Å². The molecule has 2 aliphatic heterocycles. The molecule has 2 saturated heterocycles. The fourth-order valence-electron chi connectivity index (χ4n) is 3.42. The Balaban J connectivity index is 1.84. The summed E-state index contributed by atoms with van der Waals surface area (Å²) in [4.78, 5) is 19.7. The number of carbonyl (C=O) groups excluding carboxylic acids is 1. The molecule has 1 N–H and O–H groups in total. The number of carbonyl (C=O) groups is 1. The standard InChI is InChI=1S/C13H19N3OS/c1-3-11-10-5-14-4-9(10)6-16(11)13(17)12-8(2)15-7-18-12/h7,9-11,14H,3-6H2,1-2H3. The first kappa shape index (κ1) is 12.1. The fourth-order valence-corrected chi connectivity index (χ4v) is 4.17. The van der Waals surface area contributed by atoms with Crippen LogP contribution < -0.4 is 5.32 Å². The molecule has 3 atom stereocenters. The zero-order valence-electron chi connectivity index (χ0n) is 10.8. The first-order valence-electron chi connectivity index (χ1n) is 6.64. The SMILES string of the molecule is CCC1C2CNCC2CN1C(=O)c1scnc1C. The van der Waals surface area contributed by atoms with Crippen LogP contribution in [0, 0.1) is 18.8 Å². The second kappa shape index (κ2) is 4.63. The summed E-state index contributed by atoms with van der Waals surface area (Å²) >= 11 is 1.47. The Morgan fingerprint density at radius 2 is 2.44 bits per heavy atom. The second-order valence-corrected chi connectivity index (χ2v) is 6.14. The quantitative estimate of drug-likeness (QED) is 0.882. The molecular formula is C13H19N3OS.